The van der Waals surface area contributed by atoms with E-state index in [9.17, 15) is 8.42 Å². The second kappa shape index (κ2) is 6.15. The predicted molar refractivity (Wildman–Crippen MR) is 81.0 cm³/mol. The molecule has 2 heterocycles. The van der Waals surface area contributed by atoms with Crippen LogP contribution in [0, 0.1) is 0 Å². The lowest BCUT2D eigenvalue weighted by Crippen LogP contribution is -2.35. The van der Waals surface area contributed by atoms with Gasteiger partial charge in [-0.25, -0.2) is 8.42 Å². The molecule has 21 heavy (non-hydrogen) atoms. The van der Waals surface area contributed by atoms with Crippen molar-refractivity contribution in [3.8, 4) is 5.88 Å². The van der Waals surface area contributed by atoms with Crippen molar-refractivity contribution >= 4 is 15.8 Å². The fourth-order valence-corrected chi connectivity index (χ4v) is 3.43. The first kappa shape index (κ1) is 16.0. The van der Waals surface area contributed by atoms with Crippen molar-refractivity contribution in [1.82, 2.24) is 14.3 Å². The summed E-state index contributed by atoms with van der Waals surface area (Å²) < 4.78 is 31.5. The molecule has 1 saturated heterocycles. The summed E-state index contributed by atoms with van der Waals surface area (Å²) in [4.78, 5) is 10.3. The maximum atomic E-state index is 12.1. The number of aromatic nitrogens is 2. The average Bonchev–Trinajstić information content (AvgIpc) is 2.88. The average molecular weight is 314 g/mol. The van der Waals surface area contributed by atoms with Crippen LogP contribution in [-0.4, -0.2) is 61.2 Å². The highest BCUT2D eigenvalue weighted by Gasteiger charge is 2.34. The Morgan fingerprint density at radius 2 is 2.10 bits per heavy atom. The minimum atomic E-state index is -3.21. The Bertz CT molecular complexity index is 589. The van der Waals surface area contributed by atoms with E-state index in [0.29, 0.717) is 31.2 Å². The van der Waals surface area contributed by atoms with Crippen LogP contribution in [0.3, 0.4) is 0 Å². The summed E-state index contributed by atoms with van der Waals surface area (Å²) in [6, 6.07) is 0. The monoisotopic (exact) mass is 314 g/mol. The summed E-state index contributed by atoms with van der Waals surface area (Å²) in [6.07, 6.45) is 3.69. The van der Waals surface area contributed by atoms with Gasteiger partial charge < -0.3 is 9.64 Å². The molecular weight excluding hydrogens is 292 g/mol. The van der Waals surface area contributed by atoms with E-state index in [1.165, 1.54) is 4.31 Å². The van der Waals surface area contributed by atoms with Gasteiger partial charge in [-0.1, -0.05) is 0 Å². The zero-order valence-electron chi connectivity index (χ0n) is 12.9. The Hall–Kier alpha value is -1.41. The molecule has 0 unspecified atom stereocenters. The molecule has 8 heteroatoms. The van der Waals surface area contributed by atoms with E-state index in [1.807, 2.05) is 19.0 Å². The molecule has 2 rings (SSSR count). The van der Waals surface area contributed by atoms with Crippen LogP contribution in [0.1, 0.15) is 20.3 Å². The lowest BCUT2D eigenvalue weighted by Gasteiger charge is -2.19. The SMILES string of the molecule is CC(C)S(=O)(=O)N1CC[C@@H](Oc2cncc(N(C)C)n2)C1. The smallest absolute Gasteiger partial charge is 0.234 e. The van der Waals surface area contributed by atoms with E-state index in [1.54, 1.807) is 26.2 Å². The van der Waals surface area contributed by atoms with E-state index < -0.39 is 15.3 Å². The van der Waals surface area contributed by atoms with Crippen molar-refractivity contribution in [2.75, 3.05) is 32.1 Å². The Kier molecular flexibility index (Phi) is 4.67. The zero-order chi connectivity index (χ0) is 15.6. The molecule has 0 aliphatic carbocycles. The first-order chi connectivity index (χ1) is 9.80. The Labute approximate surface area is 126 Å². The van der Waals surface area contributed by atoms with Gasteiger partial charge in [-0.3, -0.25) is 4.98 Å². The third kappa shape index (κ3) is 3.62. The van der Waals surface area contributed by atoms with Gasteiger partial charge in [-0.15, -0.1) is 0 Å². The number of rotatable bonds is 5. The topological polar surface area (TPSA) is 75.6 Å². The van der Waals surface area contributed by atoms with Crippen LogP contribution >= 0.6 is 0 Å². The van der Waals surface area contributed by atoms with E-state index in [0.717, 1.165) is 0 Å². The summed E-state index contributed by atoms with van der Waals surface area (Å²) in [5.41, 5.74) is 0. The second-order valence-corrected chi connectivity index (χ2v) is 8.08. The first-order valence-electron chi connectivity index (χ1n) is 6.95. The highest BCUT2D eigenvalue weighted by molar-refractivity contribution is 7.89. The summed E-state index contributed by atoms with van der Waals surface area (Å²) in [5, 5.41) is -0.409. The maximum Gasteiger partial charge on any atom is 0.234 e. The molecule has 0 N–H and O–H groups in total. The van der Waals surface area contributed by atoms with Gasteiger partial charge >= 0.3 is 0 Å². The highest BCUT2D eigenvalue weighted by Crippen LogP contribution is 2.21. The lowest BCUT2D eigenvalue weighted by atomic mass is 10.3. The molecule has 0 radical (unpaired) electrons. The quantitative estimate of drug-likeness (QED) is 0.798. The third-order valence-electron chi connectivity index (χ3n) is 3.41. The Balaban J connectivity index is 2.02. The molecule has 1 aromatic rings. The first-order valence-corrected chi connectivity index (χ1v) is 8.46. The van der Waals surface area contributed by atoms with Gasteiger partial charge in [0.2, 0.25) is 15.9 Å². The number of nitrogens with zero attached hydrogens (tertiary/aromatic N) is 4. The van der Waals surface area contributed by atoms with Gasteiger partial charge in [0.15, 0.2) is 5.82 Å². The largest absolute Gasteiger partial charge is 0.472 e. The summed E-state index contributed by atoms with van der Waals surface area (Å²) >= 11 is 0. The van der Waals surface area contributed by atoms with Crippen LogP contribution in [0.25, 0.3) is 0 Å². The molecule has 1 aromatic heterocycles. The molecule has 0 aromatic carbocycles. The van der Waals surface area contributed by atoms with Crippen molar-refractivity contribution in [2.24, 2.45) is 0 Å². The van der Waals surface area contributed by atoms with Gasteiger partial charge in [0.1, 0.15) is 6.10 Å². The molecule has 7 nitrogen and oxygen atoms in total. The van der Waals surface area contributed by atoms with Gasteiger partial charge in [0.05, 0.1) is 24.2 Å². The summed E-state index contributed by atoms with van der Waals surface area (Å²) in [5.74, 6) is 1.13. The van der Waals surface area contributed by atoms with Crippen LogP contribution in [0.15, 0.2) is 12.4 Å². The molecule has 1 fully saturated rings. The van der Waals surface area contributed by atoms with Crippen molar-refractivity contribution in [3.63, 3.8) is 0 Å². The highest BCUT2D eigenvalue weighted by atomic mass is 32.2. The minimum Gasteiger partial charge on any atom is -0.472 e. The summed E-state index contributed by atoms with van der Waals surface area (Å²) in [7, 11) is 0.536. The van der Waals surface area contributed by atoms with E-state index >= 15 is 0 Å². The number of sulfonamides is 1. The van der Waals surface area contributed by atoms with Gasteiger partial charge in [0.25, 0.3) is 0 Å². The predicted octanol–water partition coefficient (Wildman–Crippen LogP) is 0.734. The number of hydrogen-bond acceptors (Lipinski definition) is 6. The normalized spacial score (nSPS) is 20.0. The fourth-order valence-electron chi connectivity index (χ4n) is 2.10. The lowest BCUT2D eigenvalue weighted by molar-refractivity contribution is 0.206. The minimum absolute atomic E-state index is 0.176. The van der Waals surface area contributed by atoms with Crippen LogP contribution in [0.5, 0.6) is 5.88 Å². The zero-order valence-corrected chi connectivity index (χ0v) is 13.7. The second-order valence-electron chi connectivity index (χ2n) is 5.59. The Morgan fingerprint density at radius 3 is 2.71 bits per heavy atom. The molecule has 0 amide bonds. The van der Waals surface area contributed by atoms with Crippen LogP contribution in [0.2, 0.25) is 0 Å². The fraction of sp³-hybridized carbons (Fsp3) is 0.692. The number of anilines is 1. The molecule has 1 aliphatic rings. The van der Waals surface area contributed by atoms with E-state index in [2.05, 4.69) is 9.97 Å². The van der Waals surface area contributed by atoms with Crippen molar-refractivity contribution < 1.29 is 13.2 Å². The van der Waals surface area contributed by atoms with Gasteiger partial charge in [0, 0.05) is 20.6 Å². The molecule has 1 aliphatic heterocycles. The van der Waals surface area contributed by atoms with Crippen molar-refractivity contribution in [2.45, 2.75) is 31.6 Å². The van der Waals surface area contributed by atoms with Crippen LogP contribution in [-0.2, 0) is 10.0 Å². The maximum absolute atomic E-state index is 12.1. The molecule has 0 saturated carbocycles. The standard InChI is InChI=1S/C13H22N4O3S/c1-10(2)21(18,19)17-6-5-11(9-17)20-13-8-14-7-12(15-13)16(3)4/h7-8,10-11H,5-6,9H2,1-4H3/t11-/m1/s1. The third-order valence-corrected chi connectivity index (χ3v) is 5.65. The number of hydrogen-bond donors (Lipinski definition) is 0. The van der Waals surface area contributed by atoms with Crippen molar-refractivity contribution in [3.05, 3.63) is 12.4 Å². The van der Waals surface area contributed by atoms with Gasteiger partial charge in [-0.2, -0.15) is 9.29 Å². The summed E-state index contributed by atoms with van der Waals surface area (Å²) in [6.45, 7) is 4.24. The van der Waals surface area contributed by atoms with E-state index in [4.69, 9.17) is 4.74 Å². The van der Waals surface area contributed by atoms with Gasteiger partial charge in [-0.05, 0) is 20.3 Å². The molecule has 118 valence electrons. The van der Waals surface area contributed by atoms with Crippen LogP contribution < -0.4 is 9.64 Å². The molecular formula is C13H22N4O3S. The Morgan fingerprint density at radius 1 is 1.38 bits per heavy atom. The molecule has 0 spiro atoms. The van der Waals surface area contributed by atoms with Crippen molar-refractivity contribution in [1.29, 1.82) is 0 Å². The molecule has 1 atom stereocenters. The number of ether oxygens (including phenoxy) is 1. The molecule has 0 bridgehead atoms. The van der Waals surface area contributed by atoms with E-state index in [-0.39, 0.29) is 6.10 Å². The van der Waals surface area contributed by atoms with Crippen LogP contribution in [0.4, 0.5) is 5.82 Å².